The third kappa shape index (κ3) is 4.26. The van der Waals surface area contributed by atoms with E-state index in [4.69, 9.17) is 32.4 Å². The van der Waals surface area contributed by atoms with Gasteiger partial charge in [0.05, 0.1) is 6.26 Å². The van der Waals surface area contributed by atoms with Gasteiger partial charge in [-0.05, 0) is 30.7 Å². The van der Waals surface area contributed by atoms with Gasteiger partial charge in [-0.15, -0.1) is 0 Å². The van der Waals surface area contributed by atoms with E-state index in [9.17, 15) is 9.59 Å². The van der Waals surface area contributed by atoms with Crippen LogP contribution in [0.2, 0.25) is 10.0 Å². The van der Waals surface area contributed by atoms with Crippen LogP contribution in [0.3, 0.4) is 0 Å². The number of rotatable bonds is 5. The highest BCUT2D eigenvalue weighted by Crippen LogP contribution is 2.20. The van der Waals surface area contributed by atoms with Crippen molar-refractivity contribution in [3.8, 4) is 0 Å². The van der Waals surface area contributed by atoms with Gasteiger partial charge in [0, 0.05) is 16.6 Å². The lowest BCUT2D eigenvalue weighted by Crippen LogP contribution is -2.28. The van der Waals surface area contributed by atoms with Crippen LogP contribution in [0.15, 0.2) is 34.9 Å². The first-order valence-corrected chi connectivity index (χ1v) is 7.15. The Balaban J connectivity index is 1.81. The van der Waals surface area contributed by atoms with E-state index in [1.54, 1.807) is 25.1 Å². The Labute approximate surface area is 137 Å². The number of esters is 1. The molecule has 116 valence electrons. The highest BCUT2D eigenvalue weighted by Gasteiger charge is 2.14. The van der Waals surface area contributed by atoms with Crippen LogP contribution < -0.4 is 5.32 Å². The first kappa shape index (κ1) is 16.4. The fourth-order valence-electron chi connectivity index (χ4n) is 1.72. The van der Waals surface area contributed by atoms with Gasteiger partial charge in [0.1, 0.15) is 11.3 Å². The third-order valence-electron chi connectivity index (χ3n) is 2.90. The number of nitrogens with one attached hydrogen (secondary N) is 1. The number of benzene rings is 1. The van der Waals surface area contributed by atoms with Crippen LogP contribution in [-0.4, -0.2) is 18.5 Å². The van der Waals surface area contributed by atoms with Gasteiger partial charge in [0.15, 0.2) is 6.61 Å². The largest absolute Gasteiger partial charge is 0.469 e. The second kappa shape index (κ2) is 7.33. The molecule has 0 atom stereocenters. The molecule has 0 saturated heterocycles. The van der Waals surface area contributed by atoms with Gasteiger partial charge in [0.25, 0.3) is 5.91 Å². The van der Waals surface area contributed by atoms with Gasteiger partial charge in [-0.3, -0.25) is 4.79 Å². The minimum atomic E-state index is -0.606. The van der Waals surface area contributed by atoms with Gasteiger partial charge >= 0.3 is 5.97 Å². The number of carbonyl (C=O) groups is 2. The zero-order valence-electron chi connectivity index (χ0n) is 11.7. The maximum absolute atomic E-state index is 11.7. The summed E-state index contributed by atoms with van der Waals surface area (Å²) in [6.07, 6.45) is 1.38. The predicted octanol–water partition coefficient (Wildman–Crippen LogP) is 3.37. The van der Waals surface area contributed by atoms with Crippen LogP contribution in [0.5, 0.6) is 0 Å². The molecule has 2 rings (SSSR count). The minimum Gasteiger partial charge on any atom is -0.469 e. The number of hydrogen-bond acceptors (Lipinski definition) is 4. The molecule has 1 N–H and O–H groups in total. The lowest BCUT2D eigenvalue weighted by atomic mass is 10.2. The number of carbonyl (C=O) groups excluding carboxylic acids is 2. The molecular weight excluding hydrogens is 329 g/mol. The second-order valence-electron chi connectivity index (χ2n) is 4.48. The molecule has 0 unspecified atom stereocenters. The monoisotopic (exact) mass is 341 g/mol. The molecule has 2 aromatic rings. The van der Waals surface area contributed by atoms with Crippen LogP contribution in [0.4, 0.5) is 0 Å². The SMILES string of the molecule is Cc1occc1C(=O)OCC(=O)NCc1ccc(Cl)cc1Cl. The van der Waals surface area contributed by atoms with Crippen molar-refractivity contribution in [2.45, 2.75) is 13.5 Å². The quantitative estimate of drug-likeness (QED) is 0.846. The number of amides is 1. The number of furan rings is 1. The van der Waals surface area contributed by atoms with Gasteiger partial charge in [-0.25, -0.2) is 4.79 Å². The van der Waals surface area contributed by atoms with E-state index in [0.29, 0.717) is 21.4 Å². The van der Waals surface area contributed by atoms with Crippen LogP contribution >= 0.6 is 23.2 Å². The molecule has 0 aliphatic heterocycles. The number of halogens is 2. The van der Waals surface area contributed by atoms with E-state index in [-0.39, 0.29) is 13.2 Å². The van der Waals surface area contributed by atoms with Crippen molar-refractivity contribution in [3.05, 3.63) is 57.5 Å². The van der Waals surface area contributed by atoms with Crippen LogP contribution in [0, 0.1) is 6.92 Å². The molecule has 22 heavy (non-hydrogen) atoms. The van der Waals surface area contributed by atoms with Crippen molar-refractivity contribution in [1.82, 2.24) is 5.32 Å². The normalized spacial score (nSPS) is 10.3. The number of aryl methyl sites for hydroxylation is 1. The summed E-state index contributed by atoms with van der Waals surface area (Å²) in [7, 11) is 0. The van der Waals surface area contributed by atoms with Gasteiger partial charge in [-0.1, -0.05) is 29.3 Å². The summed E-state index contributed by atoms with van der Waals surface area (Å²) in [6, 6.07) is 6.47. The molecule has 0 radical (unpaired) electrons. The van der Waals surface area contributed by atoms with E-state index < -0.39 is 11.9 Å². The molecule has 1 amide bonds. The van der Waals surface area contributed by atoms with Crippen molar-refractivity contribution in [2.75, 3.05) is 6.61 Å². The van der Waals surface area contributed by atoms with E-state index in [0.717, 1.165) is 5.56 Å². The Morgan fingerprint density at radius 3 is 2.68 bits per heavy atom. The molecule has 1 aromatic heterocycles. The first-order valence-electron chi connectivity index (χ1n) is 6.39. The maximum atomic E-state index is 11.7. The zero-order valence-corrected chi connectivity index (χ0v) is 13.2. The molecule has 0 bridgehead atoms. The number of ether oxygens (including phenoxy) is 1. The van der Waals surface area contributed by atoms with Crippen LogP contribution in [-0.2, 0) is 16.1 Å². The topological polar surface area (TPSA) is 68.5 Å². The molecule has 0 spiro atoms. The second-order valence-corrected chi connectivity index (χ2v) is 5.32. The lowest BCUT2D eigenvalue weighted by molar-refractivity contribution is -0.124. The molecule has 0 saturated carbocycles. The van der Waals surface area contributed by atoms with Gasteiger partial charge < -0.3 is 14.5 Å². The van der Waals surface area contributed by atoms with E-state index in [2.05, 4.69) is 5.32 Å². The molecule has 7 heteroatoms. The Hall–Kier alpha value is -1.98. The minimum absolute atomic E-state index is 0.219. The first-order chi connectivity index (χ1) is 10.5. The van der Waals surface area contributed by atoms with E-state index >= 15 is 0 Å². The summed E-state index contributed by atoms with van der Waals surface area (Å²) in [5.74, 6) is -0.593. The zero-order chi connectivity index (χ0) is 16.1. The Morgan fingerprint density at radius 2 is 2.05 bits per heavy atom. The summed E-state index contributed by atoms with van der Waals surface area (Å²) in [6.45, 7) is 1.48. The fraction of sp³-hybridized carbons (Fsp3) is 0.200. The number of hydrogen-bond donors (Lipinski definition) is 1. The summed E-state index contributed by atoms with van der Waals surface area (Å²) in [5, 5.41) is 3.58. The highest BCUT2D eigenvalue weighted by molar-refractivity contribution is 6.35. The average molecular weight is 342 g/mol. The van der Waals surface area contributed by atoms with Crippen molar-refractivity contribution >= 4 is 35.1 Å². The summed E-state index contributed by atoms with van der Waals surface area (Å²) >= 11 is 11.8. The average Bonchev–Trinajstić information content (AvgIpc) is 2.90. The molecule has 0 aliphatic carbocycles. The smallest absolute Gasteiger partial charge is 0.342 e. The van der Waals surface area contributed by atoms with Crippen molar-refractivity contribution in [2.24, 2.45) is 0 Å². The summed E-state index contributed by atoms with van der Waals surface area (Å²) in [4.78, 5) is 23.4. The predicted molar refractivity (Wildman–Crippen MR) is 82.0 cm³/mol. The highest BCUT2D eigenvalue weighted by atomic mass is 35.5. The van der Waals surface area contributed by atoms with Gasteiger partial charge in [0.2, 0.25) is 0 Å². The summed E-state index contributed by atoms with van der Waals surface area (Å²) in [5.41, 5.74) is 1.02. The molecule has 1 aromatic carbocycles. The Bertz CT molecular complexity index is 697. The molecule has 0 fully saturated rings. The van der Waals surface area contributed by atoms with Crippen molar-refractivity contribution < 1.29 is 18.7 Å². The Morgan fingerprint density at radius 1 is 1.27 bits per heavy atom. The molecule has 1 heterocycles. The van der Waals surface area contributed by atoms with Crippen molar-refractivity contribution in [3.63, 3.8) is 0 Å². The molecule has 0 aliphatic rings. The maximum Gasteiger partial charge on any atom is 0.342 e. The van der Waals surface area contributed by atoms with Crippen LogP contribution in [0.1, 0.15) is 21.7 Å². The Kier molecular flexibility index (Phi) is 5.46. The van der Waals surface area contributed by atoms with E-state index in [1.165, 1.54) is 12.3 Å². The molecule has 5 nitrogen and oxygen atoms in total. The summed E-state index contributed by atoms with van der Waals surface area (Å²) < 4.78 is 9.90. The fourth-order valence-corrected chi connectivity index (χ4v) is 2.19. The van der Waals surface area contributed by atoms with E-state index in [1.807, 2.05) is 0 Å². The standard InChI is InChI=1S/C15H13Cl2NO4/c1-9-12(4-5-21-9)15(20)22-8-14(19)18-7-10-2-3-11(16)6-13(10)17/h2-6H,7-8H2,1H3,(H,18,19). The van der Waals surface area contributed by atoms with Crippen LogP contribution in [0.25, 0.3) is 0 Å². The van der Waals surface area contributed by atoms with Gasteiger partial charge in [-0.2, -0.15) is 0 Å². The molecular formula is C15H13Cl2NO4. The third-order valence-corrected chi connectivity index (χ3v) is 3.49. The lowest BCUT2D eigenvalue weighted by Gasteiger charge is -2.08. The van der Waals surface area contributed by atoms with Crippen molar-refractivity contribution in [1.29, 1.82) is 0 Å².